The van der Waals surface area contributed by atoms with Crippen LogP contribution in [0, 0.1) is 0 Å². The van der Waals surface area contributed by atoms with Crippen LogP contribution in [0.3, 0.4) is 0 Å². The van der Waals surface area contributed by atoms with Gasteiger partial charge in [0.05, 0.1) is 11.8 Å². The van der Waals surface area contributed by atoms with E-state index in [2.05, 4.69) is 58.6 Å². The monoisotopic (exact) mass is 665 g/mol. The van der Waals surface area contributed by atoms with Crippen LogP contribution in [0.15, 0.2) is 126 Å². The summed E-state index contributed by atoms with van der Waals surface area (Å²) in [7, 11) is 0. The van der Waals surface area contributed by atoms with Gasteiger partial charge in [0.15, 0.2) is 0 Å². The molecule has 0 radical (unpaired) electrons. The predicted molar refractivity (Wildman–Crippen MR) is 194 cm³/mol. The quantitative estimate of drug-likeness (QED) is 0.129. The molecule has 0 unspecified atom stereocenters. The van der Waals surface area contributed by atoms with Crippen molar-refractivity contribution in [3.05, 3.63) is 155 Å². The lowest BCUT2D eigenvalue weighted by molar-refractivity contribution is -0.142. The largest absolute Gasteiger partial charge is 0.479 e. The number of carboxylic acid groups (broad SMARTS) is 1. The number of oxime groups is 1. The van der Waals surface area contributed by atoms with E-state index in [0.717, 1.165) is 42.6 Å². The first kappa shape index (κ1) is 32.8. The molecule has 0 spiro atoms. The summed E-state index contributed by atoms with van der Waals surface area (Å²) in [6.07, 6.45) is 2.10. The highest BCUT2D eigenvalue weighted by Crippen LogP contribution is 2.37. The Kier molecular flexibility index (Phi) is 9.71. The van der Waals surface area contributed by atoms with Crippen LogP contribution in [0.4, 0.5) is 0 Å². The maximum Gasteiger partial charge on any atom is 0.344 e. The van der Waals surface area contributed by atoms with Crippen molar-refractivity contribution in [2.75, 3.05) is 32.8 Å². The first-order valence-corrected chi connectivity index (χ1v) is 17.0. The van der Waals surface area contributed by atoms with E-state index in [4.69, 9.17) is 14.7 Å². The molecule has 252 valence electrons. The molecule has 2 aliphatic rings. The van der Waals surface area contributed by atoms with Crippen molar-refractivity contribution >= 4 is 17.6 Å². The molecule has 0 saturated carbocycles. The number of carboxylic acids is 1. The van der Waals surface area contributed by atoms with Crippen molar-refractivity contribution in [2.45, 2.75) is 25.8 Å². The second-order valence-electron chi connectivity index (χ2n) is 12.7. The number of carbonyl (C=O) groups is 2. The number of aliphatic carboxylic acids is 1. The van der Waals surface area contributed by atoms with Gasteiger partial charge in [-0.05, 0) is 95.1 Å². The van der Waals surface area contributed by atoms with Gasteiger partial charge >= 0.3 is 5.97 Å². The van der Waals surface area contributed by atoms with Gasteiger partial charge in [0.1, 0.15) is 11.5 Å². The summed E-state index contributed by atoms with van der Waals surface area (Å²) in [5.41, 5.74) is 9.75. The van der Waals surface area contributed by atoms with Crippen molar-refractivity contribution in [1.29, 1.82) is 0 Å². The summed E-state index contributed by atoms with van der Waals surface area (Å²) in [5.74, 6) is 0.331. The molecule has 50 heavy (non-hydrogen) atoms. The first-order chi connectivity index (χ1) is 24.4. The summed E-state index contributed by atoms with van der Waals surface area (Å²) in [4.78, 5) is 33.5. The molecule has 1 aliphatic carbocycles. The second-order valence-corrected chi connectivity index (χ2v) is 12.7. The van der Waals surface area contributed by atoms with Crippen molar-refractivity contribution in [3.63, 3.8) is 0 Å². The third-order valence-corrected chi connectivity index (χ3v) is 9.55. The molecule has 1 saturated heterocycles. The number of rotatable bonds is 9. The molecule has 1 fully saturated rings. The Hall–Kier alpha value is -5.73. The molecule has 1 N–H and O–H groups in total. The molecule has 8 nitrogen and oxygen atoms in total. The Morgan fingerprint density at radius 2 is 1.18 bits per heavy atom. The molecular formula is C42H39N3O5. The summed E-state index contributed by atoms with van der Waals surface area (Å²) >= 11 is 0. The van der Waals surface area contributed by atoms with Crippen LogP contribution < -0.4 is 4.74 Å². The van der Waals surface area contributed by atoms with E-state index in [1.54, 1.807) is 6.92 Å². The van der Waals surface area contributed by atoms with Gasteiger partial charge in [-0.1, -0.05) is 90.1 Å². The van der Waals surface area contributed by atoms with E-state index in [9.17, 15) is 9.59 Å². The summed E-state index contributed by atoms with van der Waals surface area (Å²) in [5, 5.41) is 12.6. The number of hydrogen-bond donors (Lipinski definition) is 1. The summed E-state index contributed by atoms with van der Waals surface area (Å²) < 4.78 is 6.10. The number of amides is 1. The van der Waals surface area contributed by atoms with Gasteiger partial charge in [-0.15, -0.1) is 0 Å². The molecule has 0 atom stereocenters. The van der Waals surface area contributed by atoms with Crippen molar-refractivity contribution in [2.24, 2.45) is 5.16 Å². The molecule has 1 aliphatic heterocycles. The highest BCUT2D eigenvalue weighted by Gasteiger charge is 2.32. The normalized spacial score (nSPS) is 15.1. The Morgan fingerprint density at radius 3 is 1.74 bits per heavy atom. The van der Waals surface area contributed by atoms with Gasteiger partial charge in [0.25, 0.3) is 5.91 Å². The van der Waals surface area contributed by atoms with E-state index >= 15 is 0 Å². The molecule has 0 bridgehead atoms. The van der Waals surface area contributed by atoms with Crippen LogP contribution in [0.1, 0.15) is 51.1 Å². The third kappa shape index (κ3) is 7.31. The lowest BCUT2D eigenvalue weighted by Gasteiger charge is -2.40. The molecule has 1 heterocycles. The highest BCUT2D eigenvalue weighted by atomic mass is 16.6. The van der Waals surface area contributed by atoms with Gasteiger partial charge in [-0.25, -0.2) is 4.79 Å². The number of aryl methyl sites for hydroxylation is 2. The number of hydrogen-bond acceptors (Lipinski definition) is 6. The predicted octanol–water partition coefficient (Wildman–Crippen LogP) is 7.62. The highest BCUT2D eigenvalue weighted by molar-refractivity contribution is 5.98. The van der Waals surface area contributed by atoms with Crippen LogP contribution >= 0.6 is 0 Å². The maximum atomic E-state index is 13.5. The van der Waals surface area contributed by atoms with Gasteiger partial charge < -0.3 is 19.6 Å². The maximum absolute atomic E-state index is 13.5. The van der Waals surface area contributed by atoms with Crippen molar-refractivity contribution in [3.8, 4) is 22.6 Å². The van der Waals surface area contributed by atoms with Crippen LogP contribution in [-0.4, -0.2) is 65.3 Å². The zero-order valence-electron chi connectivity index (χ0n) is 28.0. The fourth-order valence-electron chi connectivity index (χ4n) is 6.91. The van der Waals surface area contributed by atoms with E-state index in [1.165, 1.54) is 22.3 Å². The molecular weight excluding hydrogens is 626 g/mol. The Labute approximate surface area is 292 Å². The standard InChI is InChI=1S/C42H39N3O5/c1-29(43-49-28-40(46)47)30-10-12-31(13-11-30)32-16-20-36(21-17-32)50-37-22-18-35(19-23-37)42(48)45-26-24-44(25-27-45)41-38-8-4-2-6-33(38)14-15-34-7-3-5-9-39(34)41/h2-13,16-23,41H,14-15,24-28H2,1H3,(H,46,47). The van der Waals surface area contributed by atoms with Crippen molar-refractivity contribution in [1.82, 2.24) is 9.80 Å². The van der Waals surface area contributed by atoms with Crippen LogP contribution in [0.5, 0.6) is 11.5 Å². The first-order valence-electron chi connectivity index (χ1n) is 17.0. The average molecular weight is 666 g/mol. The average Bonchev–Trinajstić information content (AvgIpc) is 3.32. The molecule has 0 aromatic heterocycles. The summed E-state index contributed by atoms with van der Waals surface area (Å²) in [6, 6.07) is 40.9. The number of piperazine rings is 1. The fourth-order valence-corrected chi connectivity index (χ4v) is 6.91. The minimum atomic E-state index is -1.07. The van der Waals surface area contributed by atoms with Crippen LogP contribution in [0.2, 0.25) is 0 Å². The molecule has 1 amide bonds. The minimum Gasteiger partial charge on any atom is -0.479 e. The molecule has 5 aromatic carbocycles. The number of ether oxygens (including phenoxy) is 1. The zero-order chi connectivity index (χ0) is 34.5. The number of fused-ring (bicyclic) bond motifs is 2. The number of benzene rings is 5. The lowest BCUT2D eigenvalue weighted by atomic mass is 9.92. The number of carbonyl (C=O) groups excluding carboxylic acids is 1. The van der Waals surface area contributed by atoms with Crippen molar-refractivity contribution < 1.29 is 24.3 Å². The number of nitrogens with zero attached hydrogens (tertiary/aromatic N) is 3. The molecule has 8 heteroatoms. The smallest absolute Gasteiger partial charge is 0.344 e. The zero-order valence-corrected chi connectivity index (χ0v) is 28.0. The van der Waals surface area contributed by atoms with E-state index in [1.807, 2.05) is 77.7 Å². The summed E-state index contributed by atoms with van der Waals surface area (Å²) in [6.45, 7) is 4.29. The minimum absolute atomic E-state index is 0.0440. The fraction of sp³-hybridized carbons (Fsp3) is 0.214. The van der Waals surface area contributed by atoms with Crippen LogP contribution in [-0.2, 0) is 22.5 Å². The lowest BCUT2D eigenvalue weighted by Crippen LogP contribution is -2.50. The Bertz CT molecular complexity index is 1950. The molecule has 7 rings (SSSR count). The Morgan fingerprint density at radius 1 is 0.680 bits per heavy atom. The van der Waals surface area contributed by atoms with Gasteiger partial charge in [0.2, 0.25) is 6.61 Å². The van der Waals surface area contributed by atoms with E-state index < -0.39 is 12.6 Å². The molecule has 5 aromatic rings. The van der Waals surface area contributed by atoms with Gasteiger partial charge in [0, 0.05) is 31.7 Å². The Balaban J connectivity index is 0.949. The topological polar surface area (TPSA) is 91.7 Å². The van der Waals surface area contributed by atoms with Gasteiger partial charge in [-0.2, -0.15) is 0 Å². The van der Waals surface area contributed by atoms with Gasteiger partial charge in [-0.3, -0.25) is 9.69 Å². The SMILES string of the molecule is CC(=NOCC(=O)O)c1ccc(-c2ccc(Oc3ccc(C(=O)N4CCN(C5c6ccccc6CCc6ccccc65)CC4)cc3)cc2)cc1. The third-order valence-electron chi connectivity index (χ3n) is 9.55. The van der Waals surface area contributed by atoms with Crippen LogP contribution in [0.25, 0.3) is 11.1 Å². The van der Waals surface area contributed by atoms with E-state index in [0.29, 0.717) is 35.9 Å². The second kappa shape index (κ2) is 14.8. The van der Waals surface area contributed by atoms with E-state index in [-0.39, 0.29) is 11.9 Å².